The quantitative estimate of drug-likeness (QED) is 0.218. The molecule has 188 valence electrons. The maximum atomic E-state index is 11.1. The van der Waals surface area contributed by atoms with Crippen molar-refractivity contribution in [1.29, 1.82) is 0 Å². The highest BCUT2D eigenvalue weighted by Gasteiger charge is 2.13. The smallest absolute Gasteiger partial charge is 0.169 e. The first-order chi connectivity index (χ1) is 18.1. The van der Waals surface area contributed by atoms with Crippen molar-refractivity contribution in [3.63, 3.8) is 0 Å². The minimum atomic E-state index is 0.490. The number of carbonyl (C=O) groups is 2. The summed E-state index contributed by atoms with van der Waals surface area (Å²) in [6.07, 6.45) is 3.24. The van der Waals surface area contributed by atoms with Gasteiger partial charge in [-0.3, -0.25) is 9.59 Å². The number of methoxy groups -OCH3 is 3. The minimum absolute atomic E-state index is 0.490. The van der Waals surface area contributed by atoms with Crippen LogP contribution in [0.2, 0.25) is 0 Å². The molecule has 0 heterocycles. The van der Waals surface area contributed by atoms with Crippen LogP contribution in [-0.2, 0) is 12.8 Å². The topological polar surface area (TPSA) is 71.1 Å². The Balaban J connectivity index is 1.46. The molecule has 4 aromatic rings. The van der Waals surface area contributed by atoms with E-state index in [2.05, 4.69) is 6.07 Å². The lowest BCUT2D eigenvalue weighted by Crippen LogP contribution is -1.96. The highest BCUT2D eigenvalue weighted by molar-refractivity contribution is 5.82. The van der Waals surface area contributed by atoms with Gasteiger partial charge in [0.15, 0.2) is 11.5 Å². The van der Waals surface area contributed by atoms with Gasteiger partial charge in [0, 0.05) is 22.3 Å². The highest BCUT2D eigenvalue weighted by atomic mass is 16.5. The first-order valence-corrected chi connectivity index (χ1v) is 11.8. The van der Waals surface area contributed by atoms with Crippen molar-refractivity contribution < 1.29 is 28.5 Å². The van der Waals surface area contributed by atoms with Gasteiger partial charge in [-0.2, -0.15) is 0 Å². The highest BCUT2D eigenvalue weighted by Crippen LogP contribution is 2.37. The molecule has 0 N–H and O–H groups in total. The Labute approximate surface area is 216 Å². The van der Waals surface area contributed by atoms with Gasteiger partial charge in [0.25, 0.3) is 0 Å². The summed E-state index contributed by atoms with van der Waals surface area (Å²) in [7, 11) is 4.80. The predicted octanol–water partition coefficient (Wildman–Crippen LogP) is 6.58. The molecule has 0 spiro atoms. The van der Waals surface area contributed by atoms with Gasteiger partial charge in [0.2, 0.25) is 0 Å². The second-order valence-electron chi connectivity index (χ2n) is 8.39. The molecular weight excluding hydrogens is 468 g/mol. The molecule has 0 aliphatic rings. The lowest BCUT2D eigenvalue weighted by Gasteiger charge is -2.14. The summed E-state index contributed by atoms with van der Waals surface area (Å²) >= 11 is 0. The minimum Gasteiger partial charge on any atom is -0.496 e. The zero-order valence-electron chi connectivity index (χ0n) is 21.0. The average Bonchev–Trinajstić information content (AvgIpc) is 2.96. The molecule has 0 aromatic heterocycles. The first-order valence-electron chi connectivity index (χ1n) is 11.8. The number of rotatable bonds is 11. The van der Waals surface area contributed by atoms with E-state index in [1.54, 1.807) is 51.7 Å². The molecular formula is C31H28O6. The van der Waals surface area contributed by atoms with E-state index in [9.17, 15) is 9.59 Å². The Morgan fingerprint density at radius 3 is 1.68 bits per heavy atom. The monoisotopic (exact) mass is 496 g/mol. The van der Waals surface area contributed by atoms with Crippen molar-refractivity contribution in [2.24, 2.45) is 0 Å². The van der Waals surface area contributed by atoms with Crippen LogP contribution in [0.1, 0.15) is 31.8 Å². The van der Waals surface area contributed by atoms with Crippen LogP contribution in [0.25, 0.3) is 11.1 Å². The van der Waals surface area contributed by atoms with Gasteiger partial charge < -0.3 is 18.9 Å². The first kappa shape index (κ1) is 25.5. The van der Waals surface area contributed by atoms with Crippen LogP contribution < -0.4 is 18.9 Å². The Kier molecular flexibility index (Phi) is 8.21. The van der Waals surface area contributed by atoms with E-state index in [0.717, 1.165) is 53.4 Å². The number of aryl methyl sites for hydroxylation is 2. The lowest BCUT2D eigenvalue weighted by molar-refractivity contribution is 0.111. The standard InChI is InChI=1S/C31H28O6/c1-34-28-15-10-24(20-33)18-31(28)37-25-11-6-21(7-12-25)4-5-22-8-13-26(29(16-22)35-2)27-14-9-23(19-32)17-30(27)36-3/h6-20H,4-5H2,1-3H3. The van der Waals surface area contributed by atoms with Crippen molar-refractivity contribution in [1.82, 2.24) is 0 Å². The summed E-state index contributed by atoms with van der Waals surface area (Å²) in [5.41, 5.74) is 5.14. The number of carbonyl (C=O) groups excluding carboxylic acids is 2. The van der Waals surface area contributed by atoms with Crippen LogP contribution in [0.15, 0.2) is 78.9 Å². The SMILES string of the molecule is COc1ccc(C=O)cc1Oc1ccc(CCc2ccc(-c3ccc(C=O)cc3OC)c(OC)c2)cc1. The second-order valence-corrected chi connectivity index (χ2v) is 8.39. The van der Waals surface area contributed by atoms with Crippen LogP contribution in [0.5, 0.6) is 28.7 Å². The number of hydrogen-bond acceptors (Lipinski definition) is 6. The van der Waals surface area contributed by atoms with E-state index >= 15 is 0 Å². The second kappa shape index (κ2) is 11.9. The third-order valence-electron chi connectivity index (χ3n) is 6.10. The molecule has 0 radical (unpaired) electrons. The van der Waals surface area contributed by atoms with Gasteiger partial charge >= 0.3 is 0 Å². The van der Waals surface area contributed by atoms with Gasteiger partial charge in [-0.25, -0.2) is 0 Å². The predicted molar refractivity (Wildman–Crippen MR) is 143 cm³/mol. The molecule has 0 saturated carbocycles. The van der Waals surface area contributed by atoms with Crippen LogP contribution in [0.3, 0.4) is 0 Å². The van der Waals surface area contributed by atoms with Crippen LogP contribution in [0.4, 0.5) is 0 Å². The third kappa shape index (κ3) is 5.98. The van der Waals surface area contributed by atoms with E-state index in [0.29, 0.717) is 34.1 Å². The normalized spacial score (nSPS) is 10.5. The maximum Gasteiger partial charge on any atom is 0.169 e. The van der Waals surface area contributed by atoms with Crippen LogP contribution in [0, 0.1) is 0 Å². The molecule has 0 bridgehead atoms. The van der Waals surface area contributed by atoms with E-state index in [1.807, 2.05) is 42.5 Å². The molecule has 6 heteroatoms. The van der Waals surface area contributed by atoms with Gasteiger partial charge in [0.1, 0.15) is 29.8 Å². The Hall–Kier alpha value is -4.58. The number of hydrogen-bond donors (Lipinski definition) is 0. The molecule has 0 fully saturated rings. The fourth-order valence-corrected chi connectivity index (χ4v) is 4.10. The van der Waals surface area contributed by atoms with E-state index < -0.39 is 0 Å². The van der Waals surface area contributed by atoms with Crippen LogP contribution >= 0.6 is 0 Å². The summed E-state index contributed by atoms with van der Waals surface area (Å²) in [5, 5.41) is 0. The van der Waals surface area contributed by atoms with E-state index in [1.165, 1.54) is 0 Å². The maximum absolute atomic E-state index is 11.1. The fraction of sp³-hybridized carbons (Fsp3) is 0.161. The molecule has 6 nitrogen and oxygen atoms in total. The van der Waals surface area contributed by atoms with Crippen molar-refractivity contribution in [2.75, 3.05) is 21.3 Å². The Bertz CT molecular complexity index is 1390. The zero-order valence-corrected chi connectivity index (χ0v) is 21.0. The molecule has 4 aromatic carbocycles. The number of aldehydes is 2. The lowest BCUT2D eigenvalue weighted by atomic mass is 9.98. The number of benzene rings is 4. The number of ether oxygens (including phenoxy) is 4. The summed E-state index contributed by atoms with van der Waals surface area (Å²) in [6, 6.07) is 24.4. The summed E-state index contributed by atoms with van der Waals surface area (Å²) in [6.45, 7) is 0. The van der Waals surface area contributed by atoms with Crippen molar-refractivity contribution in [2.45, 2.75) is 12.8 Å². The summed E-state index contributed by atoms with van der Waals surface area (Å²) in [4.78, 5) is 22.2. The van der Waals surface area contributed by atoms with Crippen LogP contribution in [-0.4, -0.2) is 33.9 Å². The third-order valence-corrected chi connectivity index (χ3v) is 6.10. The Morgan fingerprint density at radius 1 is 0.541 bits per heavy atom. The summed E-state index contributed by atoms with van der Waals surface area (Å²) in [5.74, 6) is 3.07. The van der Waals surface area contributed by atoms with Crippen molar-refractivity contribution in [3.8, 4) is 39.9 Å². The molecule has 0 unspecified atom stereocenters. The Morgan fingerprint density at radius 2 is 1.05 bits per heavy atom. The molecule has 4 rings (SSSR count). The fourth-order valence-electron chi connectivity index (χ4n) is 4.10. The summed E-state index contributed by atoms with van der Waals surface area (Å²) < 4.78 is 22.5. The van der Waals surface area contributed by atoms with Gasteiger partial charge in [-0.1, -0.05) is 30.3 Å². The van der Waals surface area contributed by atoms with E-state index in [-0.39, 0.29) is 0 Å². The van der Waals surface area contributed by atoms with Crippen molar-refractivity contribution >= 4 is 12.6 Å². The van der Waals surface area contributed by atoms with Gasteiger partial charge in [0.05, 0.1) is 21.3 Å². The molecule has 0 aliphatic carbocycles. The molecule has 0 aliphatic heterocycles. The average molecular weight is 497 g/mol. The largest absolute Gasteiger partial charge is 0.496 e. The van der Waals surface area contributed by atoms with E-state index in [4.69, 9.17) is 18.9 Å². The molecule has 0 saturated heterocycles. The molecule has 0 amide bonds. The van der Waals surface area contributed by atoms with Crippen molar-refractivity contribution in [3.05, 3.63) is 101 Å². The molecule has 37 heavy (non-hydrogen) atoms. The van der Waals surface area contributed by atoms with Gasteiger partial charge in [-0.15, -0.1) is 0 Å². The van der Waals surface area contributed by atoms with Gasteiger partial charge in [-0.05, 0) is 72.5 Å². The molecule has 0 atom stereocenters. The zero-order chi connectivity index (χ0) is 26.2.